The van der Waals surface area contributed by atoms with Crippen LogP contribution in [0.4, 0.5) is 37.7 Å². The minimum absolute atomic E-state index is 0.0119. The summed E-state index contributed by atoms with van der Waals surface area (Å²) in [6.07, 6.45) is -4.59. The highest BCUT2D eigenvalue weighted by Crippen LogP contribution is 2.46. The maximum atomic E-state index is 14.8. The Labute approximate surface area is 460 Å². The number of likely N-dealkylation sites (tertiary alicyclic amines) is 2. The summed E-state index contributed by atoms with van der Waals surface area (Å²) in [6.45, 7) is 0.268. The zero-order chi connectivity index (χ0) is 57.0. The van der Waals surface area contributed by atoms with Gasteiger partial charge in [-0.3, -0.25) is 24.1 Å². The highest BCUT2D eigenvalue weighted by Gasteiger charge is 2.58. The van der Waals surface area contributed by atoms with Crippen molar-refractivity contribution >= 4 is 54.8 Å². The van der Waals surface area contributed by atoms with Gasteiger partial charge in [-0.25, -0.2) is 8.42 Å². The molecule has 2 saturated heterocycles. The van der Waals surface area contributed by atoms with Gasteiger partial charge in [0.05, 0.1) is 23.0 Å². The second-order valence-corrected chi connectivity index (χ2v) is 22.7. The molecule has 0 spiro atoms. The molecule has 8 aromatic rings. The third kappa shape index (κ3) is 12.8. The number of nitrogens with one attached hydrogen (secondary N) is 1. The Bertz CT molecular complexity index is 3550. The summed E-state index contributed by atoms with van der Waals surface area (Å²) in [5.74, 6) is -0.554. The largest absolute Gasteiger partial charge is 0.422 e. The maximum Gasteiger partial charge on any atom is 0.422 e. The van der Waals surface area contributed by atoms with Crippen LogP contribution in [0, 0.1) is 11.8 Å². The van der Waals surface area contributed by atoms with E-state index >= 15 is 0 Å². The number of fused-ring (bicyclic) bond motifs is 2. The minimum atomic E-state index is -5.01. The van der Waals surface area contributed by atoms with E-state index in [4.69, 9.17) is 5.73 Å². The second-order valence-electron chi connectivity index (χ2n) is 21.0. The highest BCUT2D eigenvalue weighted by atomic mass is 32.2. The lowest BCUT2D eigenvalue weighted by Gasteiger charge is -2.38. The van der Waals surface area contributed by atoms with Crippen LogP contribution in [0.25, 0.3) is 21.8 Å². The predicted octanol–water partition coefficient (Wildman–Crippen LogP) is 11.0. The van der Waals surface area contributed by atoms with Crippen LogP contribution in [0.15, 0.2) is 170 Å². The molecule has 12 nitrogen and oxygen atoms in total. The van der Waals surface area contributed by atoms with Gasteiger partial charge in [0.15, 0.2) is 11.6 Å². The normalized spacial score (nSPS) is 16.9. The number of Topliss-reactive ketones (excluding diaryl/α,β-unsaturated/α-hetero) is 2. The van der Waals surface area contributed by atoms with Crippen LogP contribution in [0.1, 0.15) is 68.7 Å². The van der Waals surface area contributed by atoms with E-state index < -0.39 is 46.7 Å². The number of sulfonamides is 1. The fourth-order valence-electron chi connectivity index (χ4n) is 11.0. The molecule has 5 N–H and O–H groups in total. The lowest BCUT2D eigenvalue weighted by Crippen LogP contribution is -2.52. The van der Waals surface area contributed by atoms with Crippen molar-refractivity contribution in [2.24, 2.45) is 11.8 Å². The van der Waals surface area contributed by atoms with Crippen LogP contribution in [-0.4, -0.2) is 107 Å². The molecule has 19 heteroatoms. The van der Waals surface area contributed by atoms with Gasteiger partial charge in [0, 0.05) is 89.1 Å². The quantitative estimate of drug-likeness (QED) is 0.0419. The molecule has 2 aliphatic heterocycles. The monoisotopic (exact) mass is 1120 g/mol. The number of piperidine rings is 2. The number of carbonyl (C=O) groups is 2. The summed E-state index contributed by atoms with van der Waals surface area (Å²) >= 11 is 0. The first-order valence-corrected chi connectivity index (χ1v) is 28.2. The molecule has 6 aromatic carbocycles. The van der Waals surface area contributed by atoms with Gasteiger partial charge in [-0.2, -0.15) is 26.3 Å². The summed E-state index contributed by atoms with van der Waals surface area (Å²) in [7, 11) is -3.63. The van der Waals surface area contributed by atoms with E-state index in [1.54, 1.807) is 85.7 Å². The van der Waals surface area contributed by atoms with Gasteiger partial charge in [0.2, 0.25) is 21.2 Å². The number of anilines is 2. The molecule has 2 unspecified atom stereocenters. The fraction of sp³-hybridized carbons (Fsp3) is 0.311. The maximum absolute atomic E-state index is 14.8. The van der Waals surface area contributed by atoms with Crippen molar-refractivity contribution in [1.82, 2.24) is 18.9 Å². The molecule has 0 saturated carbocycles. The van der Waals surface area contributed by atoms with E-state index in [-0.39, 0.29) is 78.3 Å². The van der Waals surface area contributed by atoms with Crippen molar-refractivity contribution in [3.05, 3.63) is 203 Å². The Morgan fingerprint density at radius 3 is 1.29 bits per heavy atom. The number of β-amino-alcohol motifs (C(OH)–C–C–N with tert-alkyl or cyclic N) is 2. The number of rotatable bonds is 16. The molecule has 0 radical (unpaired) electrons. The number of nitrogens with two attached hydrogens (primary N) is 1. The molecule has 2 aliphatic rings. The lowest BCUT2D eigenvalue weighted by atomic mass is 9.87. The number of ketones is 2. The van der Waals surface area contributed by atoms with Crippen LogP contribution in [-0.2, 0) is 34.3 Å². The summed E-state index contributed by atoms with van der Waals surface area (Å²) in [4.78, 5) is 28.9. The Morgan fingerprint density at radius 2 is 0.912 bits per heavy atom. The number of benzene rings is 6. The van der Waals surface area contributed by atoms with Crippen LogP contribution in [0.3, 0.4) is 0 Å². The predicted molar refractivity (Wildman–Crippen MR) is 298 cm³/mol. The number of nitrogen functional groups attached to an aromatic ring is 1. The zero-order valence-corrected chi connectivity index (χ0v) is 44.7. The number of carbonyl (C=O) groups excluding carboxylic acids is 2. The van der Waals surface area contributed by atoms with Crippen molar-refractivity contribution in [3.8, 4) is 0 Å². The SMILES string of the molecule is CS(=O)(=O)Nc1ccc2c(C(O)(CN3CCC(C(=O)c4ccccc4)CC3)C(F)(F)F)cn(Cc3ccccc3)c2c1.Nc1ccc2c(C(O)(CN3CCC(C(=O)c4ccccc4)CC3)C(F)(F)F)cn(Cc3ccccc3)c2c1. The first kappa shape index (κ1) is 57.4. The number of aromatic nitrogens is 2. The van der Waals surface area contributed by atoms with Crippen molar-refractivity contribution in [2.75, 3.05) is 56.0 Å². The van der Waals surface area contributed by atoms with E-state index in [9.17, 15) is 54.6 Å². The molecule has 0 bridgehead atoms. The molecule has 0 amide bonds. The zero-order valence-electron chi connectivity index (χ0n) is 43.9. The minimum Gasteiger partial charge on any atom is -0.399 e. The van der Waals surface area contributed by atoms with Crippen LogP contribution < -0.4 is 10.5 Å². The summed E-state index contributed by atoms with van der Waals surface area (Å²) in [5.41, 5.74) is 3.60. The smallest absolute Gasteiger partial charge is 0.399 e. The van der Waals surface area contributed by atoms with E-state index in [1.807, 2.05) is 72.8 Å². The van der Waals surface area contributed by atoms with Crippen molar-refractivity contribution in [3.63, 3.8) is 0 Å². The number of hydrogen-bond acceptors (Lipinski definition) is 9. The first-order valence-electron chi connectivity index (χ1n) is 26.3. The topological polar surface area (TPSA) is 163 Å². The average molecular weight is 1120 g/mol. The average Bonchev–Trinajstić information content (AvgIpc) is 4.20. The van der Waals surface area contributed by atoms with Gasteiger partial charge < -0.3 is 25.1 Å². The molecule has 80 heavy (non-hydrogen) atoms. The molecule has 2 atom stereocenters. The Hall–Kier alpha value is -7.29. The van der Waals surface area contributed by atoms with E-state index in [0.29, 0.717) is 65.5 Å². The van der Waals surface area contributed by atoms with Gasteiger partial charge in [0.25, 0.3) is 0 Å². The molecule has 4 heterocycles. The summed E-state index contributed by atoms with van der Waals surface area (Å²) < 4.78 is 118. The Morgan fingerprint density at radius 1 is 0.550 bits per heavy atom. The highest BCUT2D eigenvalue weighted by molar-refractivity contribution is 7.92. The van der Waals surface area contributed by atoms with Crippen LogP contribution in [0.2, 0.25) is 0 Å². The Kier molecular flexibility index (Phi) is 16.8. The molecule has 420 valence electrons. The first-order chi connectivity index (χ1) is 38.0. The van der Waals surface area contributed by atoms with Crippen LogP contribution in [0.5, 0.6) is 0 Å². The van der Waals surface area contributed by atoms with Crippen molar-refractivity contribution in [2.45, 2.75) is 62.3 Å². The number of alkyl halides is 6. The third-order valence-electron chi connectivity index (χ3n) is 15.3. The lowest BCUT2D eigenvalue weighted by molar-refractivity contribution is -0.272. The molecule has 2 aromatic heterocycles. The van der Waals surface area contributed by atoms with Gasteiger partial charge in [-0.05, 0) is 87.3 Å². The molecule has 0 aliphatic carbocycles. The molecule has 10 rings (SSSR count). The van der Waals surface area contributed by atoms with Gasteiger partial charge in [-0.1, -0.05) is 133 Å². The molecule has 2 fully saturated rings. The van der Waals surface area contributed by atoms with E-state index in [1.165, 1.54) is 30.6 Å². The van der Waals surface area contributed by atoms with E-state index in [2.05, 4.69) is 4.72 Å². The third-order valence-corrected chi connectivity index (χ3v) is 15.9. The van der Waals surface area contributed by atoms with Gasteiger partial charge >= 0.3 is 12.4 Å². The number of aliphatic hydroxyl groups is 2. The fourth-order valence-corrected chi connectivity index (χ4v) is 11.6. The number of hydrogen-bond donors (Lipinski definition) is 4. The second kappa shape index (κ2) is 23.4. The molecular weight excluding hydrogens is 1060 g/mol. The standard InChI is InChI=1S/C31H32F3N3O4S.C30H30F3N3O2/c1-42(40,41)35-25-12-13-26-27(20-37(28(26)18-25)19-22-8-4-2-5-9-22)30(39,31(32,33)34)21-36-16-14-24(15-17-36)29(38)23-10-6-3-7-11-23;31-30(32,33)29(38,20-35-15-13-23(14-16-35)28(37)22-9-5-2-6-10-22)26-19-36(18-21-7-3-1-4-8-21)27-17-24(34)11-12-25(26)27/h2-13,18,20,24,35,39H,14-17,19,21H2,1H3;1-12,17,19,23,38H,13-16,18,20,34H2. The van der Waals surface area contributed by atoms with E-state index in [0.717, 1.165) is 17.4 Å². The number of halogens is 6. The van der Waals surface area contributed by atoms with Crippen LogP contribution >= 0.6 is 0 Å². The summed E-state index contributed by atoms with van der Waals surface area (Å²) in [6, 6.07) is 45.3. The number of nitrogens with zero attached hydrogens (tertiary/aromatic N) is 4. The van der Waals surface area contributed by atoms with Gasteiger partial charge in [-0.15, -0.1) is 0 Å². The van der Waals surface area contributed by atoms with Crippen molar-refractivity contribution < 1.29 is 54.6 Å². The van der Waals surface area contributed by atoms with Crippen molar-refractivity contribution in [1.29, 1.82) is 0 Å². The summed E-state index contributed by atoms with van der Waals surface area (Å²) in [5, 5.41) is 23.4. The molecular formula is C61H62F6N6O6S. The van der Waals surface area contributed by atoms with Gasteiger partial charge in [0.1, 0.15) is 0 Å². The Balaban J connectivity index is 0.000000195.